The maximum Gasteiger partial charge on any atom is 0.326 e. The largest absolute Gasteiger partial charge is 0.480 e. The summed E-state index contributed by atoms with van der Waals surface area (Å²) in [7, 11) is 3.04. The van der Waals surface area contributed by atoms with Gasteiger partial charge in [-0.2, -0.15) is 0 Å². The molecular weight excluding hydrogens is 490 g/mol. The number of carboxylic acids is 2. The van der Waals surface area contributed by atoms with Gasteiger partial charge in [0, 0.05) is 71.2 Å². The van der Waals surface area contributed by atoms with Crippen LogP contribution >= 0.6 is 0 Å². The predicted octanol–water partition coefficient (Wildman–Crippen LogP) is -1.59. The first-order chi connectivity index (χ1) is 17.5. The van der Waals surface area contributed by atoms with Crippen molar-refractivity contribution in [2.45, 2.75) is 49.9 Å². The second-order valence-corrected chi connectivity index (χ2v) is 9.14. The van der Waals surface area contributed by atoms with Crippen molar-refractivity contribution in [2.24, 2.45) is 7.05 Å². The van der Waals surface area contributed by atoms with Crippen molar-refractivity contribution in [3.05, 3.63) is 24.0 Å². The number of carbonyl (C=O) groups is 6. The number of aryl methyl sites for hydroxylation is 1. The lowest BCUT2D eigenvalue weighted by Gasteiger charge is -2.24. The molecule has 1 aromatic heterocycles. The Kier molecular flexibility index (Phi) is 8.86. The van der Waals surface area contributed by atoms with Crippen LogP contribution in [0.15, 0.2) is 18.3 Å². The van der Waals surface area contributed by atoms with Crippen molar-refractivity contribution >= 4 is 35.6 Å². The lowest BCUT2D eigenvalue weighted by Crippen LogP contribution is -2.44. The first-order valence-electron chi connectivity index (χ1n) is 11.8. The maximum atomic E-state index is 12.9. The number of methoxy groups -OCH3 is 1. The third-order valence-electron chi connectivity index (χ3n) is 6.52. The highest BCUT2D eigenvalue weighted by molar-refractivity contribution is 5.93. The zero-order chi connectivity index (χ0) is 27.3. The van der Waals surface area contributed by atoms with Gasteiger partial charge in [-0.25, -0.2) is 9.59 Å². The van der Waals surface area contributed by atoms with Crippen molar-refractivity contribution in [3.63, 3.8) is 0 Å². The van der Waals surface area contributed by atoms with Gasteiger partial charge in [-0.3, -0.25) is 19.2 Å². The third kappa shape index (κ3) is 6.64. The van der Waals surface area contributed by atoms with Crippen molar-refractivity contribution in [1.29, 1.82) is 0 Å². The van der Waals surface area contributed by atoms with Crippen LogP contribution in [0.1, 0.15) is 36.2 Å². The first-order valence-corrected chi connectivity index (χ1v) is 11.8. The number of carbonyl (C=O) groups excluding carboxylic acids is 4. The third-order valence-corrected chi connectivity index (χ3v) is 6.52. The van der Waals surface area contributed by atoms with E-state index in [1.54, 1.807) is 29.9 Å². The molecule has 1 aromatic rings. The number of ether oxygens (including phenoxy) is 1. The Morgan fingerprint density at radius 1 is 0.919 bits per heavy atom. The Morgan fingerprint density at radius 2 is 1.43 bits per heavy atom. The molecule has 2 saturated heterocycles. The Hall–Kier alpha value is -3.94. The summed E-state index contributed by atoms with van der Waals surface area (Å²) in [6, 6.07) is -0.182. The van der Waals surface area contributed by atoms with Gasteiger partial charge < -0.3 is 40.0 Å². The number of hydrogen-bond donors (Lipinski definition) is 4. The fourth-order valence-electron chi connectivity index (χ4n) is 4.76. The SMILES string of the molecule is COCC(=O)N[C@H]1C[C@@H](C(=O)O)N(C(=O)CCC(=O)N2C[C@@H](NC(=O)c3cccn3C)C[C@H]2C(=O)O)C1. The number of hydrogen-bond acceptors (Lipinski definition) is 7. The Labute approximate surface area is 212 Å². The van der Waals surface area contributed by atoms with Gasteiger partial charge in [-0.15, -0.1) is 0 Å². The molecule has 0 saturated carbocycles. The minimum atomic E-state index is -1.23. The second kappa shape index (κ2) is 11.9. The van der Waals surface area contributed by atoms with Gasteiger partial charge in [0.2, 0.25) is 17.7 Å². The molecule has 14 nitrogen and oxygen atoms in total. The summed E-state index contributed by atoms with van der Waals surface area (Å²) in [6.45, 7) is -0.271. The van der Waals surface area contributed by atoms with Crippen LogP contribution in [0.2, 0.25) is 0 Å². The molecule has 4 atom stereocenters. The molecule has 37 heavy (non-hydrogen) atoms. The van der Waals surface area contributed by atoms with Crippen LogP contribution in [0.3, 0.4) is 0 Å². The van der Waals surface area contributed by atoms with Crippen LogP contribution in [0.4, 0.5) is 0 Å². The van der Waals surface area contributed by atoms with E-state index in [-0.39, 0.29) is 45.4 Å². The summed E-state index contributed by atoms with van der Waals surface area (Å²) in [5, 5.41) is 24.5. The molecular formula is C23H31N5O9. The van der Waals surface area contributed by atoms with Gasteiger partial charge in [0.15, 0.2) is 0 Å². The number of rotatable bonds is 10. The summed E-state index contributed by atoms with van der Waals surface area (Å²) >= 11 is 0. The monoisotopic (exact) mass is 521 g/mol. The molecule has 2 aliphatic rings. The molecule has 0 radical (unpaired) electrons. The number of nitrogens with zero attached hydrogens (tertiary/aromatic N) is 3. The molecule has 14 heteroatoms. The smallest absolute Gasteiger partial charge is 0.326 e. The number of aromatic nitrogens is 1. The van der Waals surface area contributed by atoms with E-state index in [1.807, 2.05) is 0 Å². The van der Waals surface area contributed by atoms with Gasteiger partial charge >= 0.3 is 11.9 Å². The van der Waals surface area contributed by atoms with Gasteiger partial charge in [-0.1, -0.05) is 0 Å². The molecule has 3 rings (SSSR count). The average molecular weight is 522 g/mol. The minimum Gasteiger partial charge on any atom is -0.480 e. The Bertz CT molecular complexity index is 1070. The van der Waals surface area contributed by atoms with E-state index in [4.69, 9.17) is 4.74 Å². The molecule has 0 aromatic carbocycles. The van der Waals surface area contributed by atoms with Crippen LogP contribution in [0, 0.1) is 0 Å². The average Bonchev–Trinajstić information content (AvgIpc) is 3.55. The number of aliphatic carboxylic acids is 2. The van der Waals surface area contributed by atoms with Crippen LogP contribution in [0.25, 0.3) is 0 Å². The number of nitrogens with one attached hydrogen (secondary N) is 2. The van der Waals surface area contributed by atoms with E-state index < -0.39 is 59.7 Å². The number of amides is 4. The zero-order valence-electron chi connectivity index (χ0n) is 20.6. The highest BCUT2D eigenvalue weighted by Gasteiger charge is 2.42. The molecule has 0 spiro atoms. The fourth-order valence-corrected chi connectivity index (χ4v) is 4.76. The molecule has 4 N–H and O–H groups in total. The highest BCUT2D eigenvalue weighted by Crippen LogP contribution is 2.23. The molecule has 3 heterocycles. The van der Waals surface area contributed by atoms with E-state index in [2.05, 4.69) is 10.6 Å². The van der Waals surface area contributed by atoms with Gasteiger partial charge in [0.25, 0.3) is 5.91 Å². The standard InChI is InChI=1S/C23H31N5O9/c1-26-7-3-4-15(26)21(32)25-14-9-17(23(35)36)28(11-14)20(31)6-5-19(30)27-10-13(8-16(27)22(33)34)24-18(29)12-37-2/h3-4,7,13-14,16-17H,5-6,8-12H2,1-2H3,(H,24,29)(H,25,32)(H,33,34)(H,35,36)/t13-,14-,16-,17-/m0/s1. The van der Waals surface area contributed by atoms with Crippen LogP contribution in [-0.4, -0.2) is 111 Å². The molecule has 2 aliphatic heterocycles. The lowest BCUT2D eigenvalue weighted by atomic mass is 10.1. The number of carboxylic acid groups (broad SMARTS) is 2. The summed E-state index contributed by atoms with van der Waals surface area (Å²) in [5.74, 6) is -4.48. The molecule has 2 fully saturated rings. The van der Waals surface area contributed by atoms with Crippen molar-refractivity contribution in [2.75, 3.05) is 26.8 Å². The molecule has 4 amide bonds. The fraction of sp³-hybridized carbons (Fsp3) is 0.565. The number of likely N-dealkylation sites (tertiary alicyclic amines) is 2. The first kappa shape index (κ1) is 27.6. The Balaban J connectivity index is 1.58. The molecule has 0 unspecified atom stereocenters. The summed E-state index contributed by atoms with van der Waals surface area (Å²) in [4.78, 5) is 75.6. The summed E-state index contributed by atoms with van der Waals surface area (Å²) in [6.07, 6.45) is 1.07. The quantitative estimate of drug-likeness (QED) is 0.281. The van der Waals surface area contributed by atoms with E-state index >= 15 is 0 Å². The highest BCUT2D eigenvalue weighted by atomic mass is 16.5. The van der Waals surface area contributed by atoms with E-state index in [0.717, 1.165) is 9.80 Å². The van der Waals surface area contributed by atoms with E-state index in [0.29, 0.717) is 5.69 Å². The second-order valence-electron chi connectivity index (χ2n) is 9.14. The van der Waals surface area contributed by atoms with Gasteiger partial charge in [0.1, 0.15) is 24.4 Å². The van der Waals surface area contributed by atoms with Gasteiger partial charge in [0.05, 0.1) is 0 Å². The maximum absolute atomic E-state index is 12.9. The van der Waals surface area contributed by atoms with Crippen LogP contribution in [-0.2, 0) is 35.8 Å². The zero-order valence-corrected chi connectivity index (χ0v) is 20.6. The normalized spacial score (nSPS) is 23.1. The van der Waals surface area contributed by atoms with Crippen molar-refractivity contribution < 1.29 is 43.7 Å². The van der Waals surface area contributed by atoms with Crippen LogP contribution in [0.5, 0.6) is 0 Å². The predicted molar refractivity (Wildman–Crippen MR) is 125 cm³/mol. The van der Waals surface area contributed by atoms with E-state index in [1.165, 1.54) is 7.11 Å². The molecule has 0 bridgehead atoms. The minimum absolute atomic E-state index is 0.0141. The summed E-state index contributed by atoms with van der Waals surface area (Å²) < 4.78 is 6.35. The van der Waals surface area contributed by atoms with E-state index in [9.17, 15) is 39.0 Å². The lowest BCUT2D eigenvalue weighted by molar-refractivity contribution is -0.150. The topological polar surface area (TPSA) is 188 Å². The molecule has 202 valence electrons. The van der Waals surface area contributed by atoms with Crippen LogP contribution < -0.4 is 10.6 Å². The van der Waals surface area contributed by atoms with Gasteiger partial charge in [-0.05, 0) is 12.1 Å². The summed E-state index contributed by atoms with van der Waals surface area (Å²) in [5.41, 5.74) is 0.387. The Morgan fingerprint density at radius 3 is 1.86 bits per heavy atom. The van der Waals surface area contributed by atoms with Crippen molar-refractivity contribution in [1.82, 2.24) is 25.0 Å². The van der Waals surface area contributed by atoms with Crippen molar-refractivity contribution in [3.8, 4) is 0 Å². The molecule has 0 aliphatic carbocycles.